The summed E-state index contributed by atoms with van der Waals surface area (Å²) in [7, 11) is -0.385. The van der Waals surface area contributed by atoms with E-state index in [-0.39, 0.29) is 11.0 Å². The fraction of sp³-hybridized carbons (Fsp3) is 0.500. The first-order valence-corrected chi connectivity index (χ1v) is 14.2. The maximum absolute atomic E-state index is 11.6. The highest BCUT2D eigenvalue weighted by Crippen LogP contribution is 2.37. The van der Waals surface area contributed by atoms with Crippen LogP contribution in [-0.2, 0) is 17.6 Å². The normalized spacial score (nSPS) is 19.3. The molecule has 1 unspecified atom stereocenters. The molecule has 168 valence electrons. The molecule has 0 radical (unpaired) electrons. The molecule has 0 spiro atoms. The molecule has 1 fully saturated rings. The first-order chi connectivity index (χ1) is 14.6. The maximum atomic E-state index is 11.6. The monoisotopic (exact) mass is 439 g/mol. The van der Waals surface area contributed by atoms with E-state index in [0.717, 1.165) is 18.6 Å². The van der Waals surface area contributed by atoms with E-state index in [9.17, 15) is 4.79 Å². The van der Waals surface area contributed by atoms with Crippen LogP contribution in [0.2, 0.25) is 18.1 Å². The largest absolute Gasteiger partial charge is 0.544 e. The fourth-order valence-corrected chi connectivity index (χ4v) is 4.86. The van der Waals surface area contributed by atoms with Gasteiger partial charge in [-0.15, -0.1) is 0 Å². The predicted octanol–water partition coefficient (Wildman–Crippen LogP) is 5.76. The molecule has 1 aliphatic heterocycles. The van der Waals surface area contributed by atoms with Gasteiger partial charge in [-0.05, 0) is 79.2 Å². The summed E-state index contributed by atoms with van der Waals surface area (Å²) in [5.74, 6) is 0.703. The lowest BCUT2D eigenvalue weighted by molar-refractivity contribution is 0.0600. The van der Waals surface area contributed by atoms with Crippen LogP contribution in [0.25, 0.3) is 0 Å². The van der Waals surface area contributed by atoms with Gasteiger partial charge in [0.25, 0.3) is 0 Å². The third-order valence-corrected chi connectivity index (χ3v) is 11.1. The van der Waals surface area contributed by atoms with E-state index in [0.29, 0.717) is 17.6 Å². The fourth-order valence-electron chi connectivity index (χ4n) is 3.83. The number of hydrogen-bond acceptors (Lipinski definition) is 4. The summed E-state index contributed by atoms with van der Waals surface area (Å²) < 4.78 is 11.2. The Labute approximate surface area is 188 Å². The minimum atomic E-state index is -1.80. The zero-order valence-electron chi connectivity index (χ0n) is 19.8. The van der Waals surface area contributed by atoms with E-state index < -0.39 is 8.32 Å². The van der Waals surface area contributed by atoms with Crippen LogP contribution in [0.3, 0.4) is 0 Å². The number of methoxy groups -OCH3 is 1. The second-order valence-corrected chi connectivity index (χ2v) is 15.0. The SMILES string of the molecule is COC(=O)c1ccc(CC2CC[C@H](Cc3ccc(O[Si](C)(C)C(C)(C)C)cc3)N2)cc1. The van der Waals surface area contributed by atoms with Crippen molar-refractivity contribution < 1.29 is 14.0 Å². The van der Waals surface area contributed by atoms with Crippen molar-refractivity contribution in [3.05, 3.63) is 65.2 Å². The summed E-state index contributed by atoms with van der Waals surface area (Å²) in [4.78, 5) is 11.6. The van der Waals surface area contributed by atoms with Crippen LogP contribution in [0.15, 0.2) is 48.5 Å². The van der Waals surface area contributed by atoms with Crippen LogP contribution in [-0.4, -0.2) is 33.5 Å². The lowest BCUT2D eigenvalue weighted by Crippen LogP contribution is -2.43. The third kappa shape index (κ3) is 6.20. The first kappa shape index (κ1) is 23.5. The molecule has 0 bridgehead atoms. The summed E-state index contributed by atoms with van der Waals surface area (Å²) >= 11 is 0. The Hall–Kier alpha value is -2.11. The molecule has 31 heavy (non-hydrogen) atoms. The summed E-state index contributed by atoms with van der Waals surface area (Å²) in [6.07, 6.45) is 4.39. The number of esters is 1. The maximum Gasteiger partial charge on any atom is 0.337 e. The van der Waals surface area contributed by atoms with E-state index in [1.54, 1.807) is 0 Å². The molecular weight excluding hydrogens is 402 g/mol. The van der Waals surface area contributed by atoms with Crippen molar-refractivity contribution in [2.75, 3.05) is 7.11 Å². The van der Waals surface area contributed by atoms with Crippen LogP contribution in [0.5, 0.6) is 5.75 Å². The van der Waals surface area contributed by atoms with Crippen molar-refractivity contribution >= 4 is 14.3 Å². The highest BCUT2D eigenvalue weighted by atomic mass is 28.4. The summed E-state index contributed by atoms with van der Waals surface area (Å²) in [5.41, 5.74) is 3.20. The zero-order chi connectivity index (χ0) is 22.6. The van der Waals surface area contributed by atoms with Crippen LogP contribution in [0.1, 0.15) is 55.1 Å². The van der Waals surface area contributed by atoms with Crippen molar-refractivity contribution in [3.8, 4) is 5.75 Å². The predicted molar refractivity (Wildman–Crippen MR) is 129 cm³/mol. The Morgan fingerprint density at radius 3 is 1.87 bits per heavy atom. The Bertz CT molecular complexity index is 869. The van der Waals surface area contributed by atoms with E-state index in [4.69, 9.17) is 9.16 Å². The number of carbonyl (C=O) groups excluding carboxylic acids is 1. The van der Waals surface area contributed by atoms with E-state index >= 15 is 0 Å². The van der Waals surface area contributed by atoms with Gasteiger partial charge in [0.2, 0.25) is 8.32 Å². The van der Waals surface area contributed by atoms with Crippen molar-refractivity contribution in [3.63, 3.8) is 0 Å². The van der Waals surface area contributed by atoms with Gasteiger partial charge in [0.15, 0.2) is 0 Å². The van der Waals surface area contributed by atoms with Gasteiger partial charge in [-0.3, -0.25) is 0 Å². The van der Waals surface area contributed by atoms with Crippen LogP contribution >= 0.6 is 0 Å². The van der Waals surface area contributed by atoms with Gasteiger partial charge >= 0.3 is 5.97 Å². The molecule has 4 nitrogen and oxygen atoms in total. The summed E-state index contributed by atoms with van der Waals surface area (Å²) in [6, 6.07) is 17.4. The number of carbonyl (C=O) groups is 1. The number of rotatable bonds is 7. The van der Waals surface area contributed by atoms with Crippen molar-refractivity contribution in [1.29, 1.82) is 0 Å². The topological polar surface area (TPSA) is 47.6 Å². The molecule has 1 saturated heterocycles. The van der Waals surface area contributed by atoms with E-state index in [1.165, 1.54) is 31.1 Å². The standard InChI is InChI=1S/C26H37NO3Si/c1-26(2,3)31(5,6)30-24-15-9-20(10-16-24)18-23-14-13-22(27-23)17-19-7-11-21(12-8-19)25(28)29-4/h7-12,15-16,22-23,27H,13-14,17-18H2,1-6H3/t22?,23-/m1/s1. The van der Waals surface area contributed by atoms with E-state index in [1.807, 2.05) is 24.3 Å². The molecule has 2 atom stereocenters. The molecule has 2 aromatic rings. The Morgan fingerprint density at radius 1 is 0.935 bits per heavy atom. The van der Waals surface area contributed by atoms with Gasteiger partial charge in [0.1, 0.15) is 5.75 Å². The van der Waals surface area contributed by atoms with Gasteiger partial charge in [-0.25, -0.2) is 4.79 Å². The second kappa shape index (κ2) is 9.57. The first-order valence-electron chi connectivity index (χ1n) is 11.3. The molecule has 3 rings (SSSR count). The Morgan fingerprint density at radius 2 is 1.42 bits per heavy atom. The molecule has 5 heteroatoms. The molecular formula is C26H37NO3Si. The highest BCUT2D eigenvalue weighted by Gasteiger charge is 2.38. The number of nitrogens with one attached hydrogen (secondary N) is 1. The van der Waals surface area contributed by atoms with Crippen LogP contribution < -0.4 is 9.74 Å². The zero-order valence-corrected chi connectivity index (χ0v) is 20.8. The quantitative estimate of drug-likeness (QED) is 0.440. The summed E-state index contributed by atoms with van der Waals surface area (Å²) in [6.45, 7) is 11.4. The molecule has 0 aliphatic carbocycles. The van der Waals surface area contributed by atoms with Gasteiger partial charge in [-0.1, -0.05) is 45.0 Å². The molecule has 0 aromatic heterocycles. The van der Waals surface area contributed by atoms with Gasteiger partial charge < -0.3 is 14.5 Å². The highest BCUT2D eigenvalue weighted by molar-refractivity contribution is 6.74. The molecule has 0 amide bonds. The van der Waals surface area contributed by atoms with Crippen LogP contribution in [0.4, 0.5) is 0 Å². The lowest BCUT2D eigenvalue weighted by atomic mass is 10.0. The Kier molecular flexibility index (Phi) is 7.27. The minimum Gasteiger partial charge on any atom is -0.544 e. The van der Waals surface area contributed by atoms with Crippen molar-refractivity contribution in [2.24, 2.45) is 0 Å². The molecule has 0 saturated carbocycles. The number of hydrogen-bond donors (Lipinski definition) is 1. The number of ether oxygens (including phenoxy) is 1. The molecule has 2 aromatic carbocycles. The number of benzene rings is 2. The van der Waals surface area contributed by atoms with Crippen LogP contribution in [0, 0.1) is 0 Å². The third-order valence-electron chi connectivity index (χ3n) is 6.78. The average molecular weight is 440 g/mol. The Balaban J connectivity index is 1.50. The molecule has 1 N–H and O–H groups in total. The van der Waals surface area contributed by atoms with Crippen molar-refractivity contribution in [1.82, 2.24) is 5.32 Å². The van der Waals surface area contributed by atoms with Gasteiger partial charge in [0, 0.05) is 12.1 Å². The average Bonchev–Trinajstić information content (AvgIpc) is 3.15. The van der Waals surface area contributed by atoms with Crippen molar-refractivity contribution in [2.45, 2.75) is 76.7 Å². The smallest absolute Gasteiger partial charge is 0.337 e. The lowest BCUT2D eigenvalue weighted by Gasteiger charge is -2.36. The van der Waals surface area contributed by atoms with Gasteiger partial charge in [0.05, 0.1) is 12.7 Å². The second-order valence-electron chi connectivity index (χ2n) is 10.2. The summed E-state index contributed by atoms with van der Waals surface area (Å²) in [5, 5.41) is 4.00. The minimum absolute atomic E-state index is 0.202. The van der Waals surface area contributed by atoms with Gasteiger partial charge in [-0.2, -0.15) is 0 Å². The molecule has 1 heterocycles. The van der Waals surface area contributed by atoms with E-state index in [2.05, 4.69) is 63.4 Å². The molecule has 1 aliphatic rings.